The summed E-state index contributed by atoms with van der Waals surface area (Å²) in [7, 11) is 0. The zero-order valence-corrected chi connectivity index (χ0v) is 15.9. The Balaban J connectivity index is 2.06. The van der Waals surface area contributed by atoms with Crippen LogP contribution in [0.15, 0.2) is 0 Å². The number of nitrogens with two attached hydrogens (primary N) is 2. The largest absolute Gasteiger partial charge is 0.446 e. The van der Waals surface area contributed by atoms with Gasteiger partial charge < -0.3 is 54.3 Å². The molecule has 2 fully saturated rings. The third kappa shape index (κ3) is 6.08. The quantitative estimate of drug-likeness (QED) is 0.101. The van der Waals surface area contributed by atoms with E-state index in [0.29, 0.717) is 0 Å². The second kappa shape index (κ2) is 11.1. The summed E-state index contributed by atoms with van der Waals surface area (Å²) in [6, 6.07) is 0. The van der Waals surface area contributed by atoms with Crippen LogP contribution >= 0.6 is 0 Å². The molecule has 2 rings (SSSR count). The van der Waals surface area contributed by atoms with Crippen molar-refractivity contribution in [2.24, 2.45) is 11.7 Å². The summed E-state index contributed by atoms with van der Waals surface area (Å²) in [5.74, 6) is 9.71. The number of nitrogens with one attached hydrogen (secondary N) is 2. The number of rotatable bonds is 6. The van der Waals surface area contributed by atoms with Crippen molar-refractivity contribution >= 4 is 12.2 Å². The monoisotopic (exact) mass is 458 g/mol. The molecule has 2 amide bonds. The highest BCUT2D eigenvalue weighted by atomic mass is 16.8. The molecule has 0 saturated carbocycles. The van der Waals surface area contributed by atoms with Gasteiger partial charge >= 0.3 is 12.2 Å². The number of carbonyl (C=O) groups is 2. The van der Waals surface area contributed by atoms with E-state index in [1.165, 1.54) is 0 Å². The molecule has 2 aliphatic heterocycles. The Morgan fingerprint density at radius 2 is 1.03 bits per heavy atom. The van der Waals surface area contributed by atoms with Crippen molar-refractivity contribution < 1.29 is 63.9 Å². The van der Waals surface area contributed by atoms with Gasteiger partial charge in [0.05, 0.1) is 0 Å². The fourth-order valence-electron chi connectivity index (χ4n) is 2.86. The van der Waals surface area contributed by atoms with Gasteiger partial charge in [-0.25, -0.2) is 21.3 Å². The minimum Gasteiger partial charge on any atom is -0.446 e. The summed E-state index contributed by atoms with van der Waals surface area (Å²) in [6.45, 7) is -1.21. The Labute approximate surface area is 174 Å². The number of hydrogen-bond acceptors (Lipinski definition) is 15. The molecule has 0 aromatic carbocycles. The first-order chi connectivity index (χ1) is 14.6. The van der Waals surface area contributed by atoms with Gasteiger partial charge in [-0.3, -0.25) is 10.9 Å². The van der Waals surface area contributed by atoms with Crippen LogP contribution in [0.3, 0.4) is 0 Å². The van der Waals surface area contributed by atoms with Crippen LogP contribution in [0.1, 0.15) is 0 Å². The van der Waals surface area contributed by atoms with E-state index in [1.54, 1.807) is 10.9 Å². The molecule has 6 unspecified atom stereocenters. The first-order valence-corrected chi connectivity index (χ1v) is 8.92. The minimum absolute atomic E-state index is 0.603. The van der Waals surface area contributed by atoms with Crippen LogP contribution in [-0.2, 0) is 23.7 Å². The topological polar surface area (TPSA) is 278 Å². The maximum atomic E-state index is 11.1. The van der Waals surface area contributed by atoms with E-state index in [0.717, 1.165) is 0 Å². The van der Waals surface area contributed by atoms with Crippen LogP contribution < -0.4 is 22.5 Å². The highest BCUT2D eigenvalue weighted by molar-refractivity contribution is 5.66. The third-order valence-corrected chi connectivity index (χ3v) is 4.60. The maximum Gasteiger partial charge on any atom is 0.421 e. The van der Waals surface area contributed by atoms with Gasteiger partial charge in [0.1, 0.15) is 62.0 Å². The van der Waals surface area contributed by atoms with E-state index in [-0.39, 0.29) is 0 Å². The van der Waals surface area contributed by atoms with Crippen LogP contribution in [-0.4, -0.2) is 117 Å². The summed E-state index contributed by atoms with van der Waals surface area (Å²) in [6.07, 6.45) is -19.1. The number of aliphatic hydroxyl groups is 6. The first kappa shape index (κ1) is 25.4. The molecule has 17 heteroatoms. The highest BCUT2D eigenvalue weighted by Crippen LogP contribution is 2.28. The summed E-state index contributed by atoms with van der Waals surface area (Å²) in [5.41, 5.74) is 3.33. The predicted octanol–water partition coefficient (Wildman–Crippen LogP) is -6.18. The van der Waals surface area contributed by atoms with Crippen molar-refractivity contribution in [3.05, 3.63) is 0 Å². The van der Waals surface area contributed by atoms with Crippen LogP contribution in [0.4, 0.5) is 9.59 Å². The molecule has 31 heavy (non-hydrogen) atoms. The Morgan fingerprint density at radius 1 is 0.677 bits per heavy atom. The third-order valence-electron chi connectivity index (χ3n) is 4.60. The number of aliphatic hydroxyl groups excluding tert-OH is 6. The second-order valence-electron chi connectivity index (χ2n) is 6.65. The molecule has 2 heterocycles. The van der Waals surface area contributed by atoms with E-state index >= 15 is 0 Å². The van der Waals surface area contributed by atoms with Gasteiger partial charge in [0.15, 0.2) is 12.6 Å². The van der Waals surface area contributed by atoms with E-state index in [1.807, 2.05) is 0 Å². The van der Waals surface area contributed by atoms with Gasteiger partial charge in [-0.15, -0.1) is 0 Å². The average Bonchev–Trinajstić information content (AvgIpc) is 2.77. The van der Waals surface area contributed by atoms with Gasteiger partial charge in [-0.05, 0) is 0 Å². The summed E-state index contributed by atoms with van der Waals surface area (Å²) in [4.78, 5) is 22.2. The van der Waals surface area contributed by atoms with Crippen LogP contribution in [0.2, 0.25) is 0 Å². The maximum absolute atomic E-state index is 11.1. The van der Waals surface area contributed by atoms with Crippen molar-refractivity contribution in [1.29, 1.82) is 0 Å². The van der Waals surface area contributed by atoms with E-state index in [9.17, 15) is 40.2 Å². The summed E-state index contributed by atoms with van der Waals surface area (Å²) in [5, 5.41) is 60.2. The zero-order valence-electron chi connectivity index (χ0n) is 15.9. The summed E-state index contributed by atoms with van der Waals surface area (Å²) < 4.78 is 25.1. The van der Waals surface area contributed by atoms with Crippen molar-refractivity contribution in [2.75, 3.05) is 13.2 Å². The van der Waals surface area contributed by atoms with Gasteiger partial charge in [0, 0.05) is 0 Å². The standard InChI is InChI=1S/C14H26N4O13/c15-17-13(25)27-1-3-5(19)7(21)9(23)11(29-3)31-12-10(24)8(22)6(20)4(30-12)2-28-14(26)18-16/h3-12,19-24H,1-2,15-16H2,(H,17,25)(H,18,26)/t3?,4?,5-,6-,7?,8?,9?,10?,11-,12-/m1/s1. The van der Waals surface area contributed by atoms with Gasteiger partial charge in [-0.2, -0.15) is 0 Å². The smallest absolute Gasteiger partial charge is 0.421 e. The van der Waals surface area contributed by atoms with Gasteiger partial charge in [0.2, 0.25) is 0 Å². The lowest BCUT2D eigenvalue weighted by Crippen LogP contribution is -2.64. The number of hydrazine groups is 2. The van der Waals surface area contributed by atoms with Crippen LogP contribution in [0.5, 0.6) is 0 Å². The predicted molar refractivity (Wildman–Crippen MR) is 91.8 cm³/mol. The van der Waals surface area contributed by atoms with Gasteiger partial charge in [0.25, 0.3) is 0 Å². The first-order valence-electron chi connectivity index (χ1n) is 8.92. The Bertz CT molecular complexity index is 565. The molecule has 0 aliphatic carbocycles. The lowest BCUT2D eigenvalue weighted by molar-refractivity contribution is -0.376. The second-order valence-corrected chi connectivity index (χ2v) is 6.65. The molecule has 0 spiro atoms. The number of hydrogen-bond donors (Lipinski definition) is 10. The van der Waals surface area contributed by atoms with Crippen LogP contribution in [0.25, 0.3) is 0 Å². The summed E-state index contributed by atoms with van der Waals surface area (Å²) >= 11 is 0. The minimum atomic E-state index is -1.85. The SMILES string of the molecule is NNC(=O)OCC1O[C@H](O[C@H]2OC(COC(=O)NN)[C@@H](O)C(O)C2O)C(O)C(O)[C@@H]1O. The molecule has 2 saturated heterocycles. The fourth-order valence-corrected chi connectivity index (χ4v) is 2.86. The number of ether oxygens (including phenoxy) is 5. The van der Waals surface area contributed by atoms with Crippen molar-refractivity contribution in [3.8, 4) is 0 Å². The average molecular weight is 458 g/mol. The van der Waals surface area contributed by atoms with Crippen molar-refractivity contribution in [2.45, 2.75) is 61.4 Å². The van der Waals surface area contributed by atoms with E-state index in [2.05, 4.69) is 9.47 Å². The molecule has 0 radical (unpaired) electrons. The molecule has 0 aromatic rings. The molecule has 2 aliphatic rings. The Kier molecular flexibility index (Phi) is 9.09. The molecule has 17 nitrogen and oxygen atoms in total. The normalized spacial score (nSPS) is 40.6. The number of carbonyl (C=O) groups excluding carboxylic acids is 2. The molecule has 10 atom stereocenters. The van der Waals surface area contributed by atoms with Crippen molar-refractivity contribution in [3.63, 3.8) is 0 Å². The Hall–Kier alpha value is -1.90. The lowest BCUT2D eigenvalue weighted by atomic mass is 9.98. The zero-order chi connectivity index (χ0) is 23.3. The van der Waals surface area contributed by atoms with E-state index < -0.39 is 86.8 Å². The molecule has 0 bridgehead atoms. The van der Waals surface area contributed by atoms with Crippen LogP contribution in [0, 0.1) is 0 Å². The molecule has 180 valence electrons. The van der Waals surface area contributed by atoms with E-state index in [4.69, 9.17) is 25.9 Å². The Morgan fingerprint density at radius 3 is 1.35 bits per heavy atom. The molecule has 0 aromatic heterocycles. The highest BCUT2D eigenvalue weighted by Gasteiger charge is 2.50. The fraction of sp³-hybridized carbons (Fsp3) is 0.857. The lowest BCUT2D eigenvalue weighted by Gasteiger charge is -2.44. The number of amides is 2. The van der Waals surface area contributed by atoms with Gasteiger partial charge in [-0.1, -0.05) is 0 Å². The molecular weight excluding hydrogens is 432 g/mol. The molecular formula is C14H26N4O13. The molecule has 12 N–H and O–H groups in total. The van der Waals surface area contributed by atoms with Crippen molar-refractivity contribution in [1.82, 2.24) is 10.9 Å².